The number of alkyl halides is 3. The van der Waals surface area contributed by atoms with E-state index < -0.39 is 12.1 Å². The number of piperidine rings is 1. The van der Waals surface area contributed by atoms with Crippen molar-refractivity contribution in [3.8, 4) is 5.82 Å². The number of nitrogens with one attached hydrogen (secondary N) is 3. The number of carbonyl (C=O) groups excluding carboxylic acids is 1. The molecule has 3 rings (SSSR count). The minimum Gasteiger partial charge on any atom is -0.475 e. The molecule has 0 bridgehead atoms. The topological polar surface area (TPSA) is 121 Å². The van der Waals surface area contributed by atoms with Gasteiger partial charge in [0.05, 0.1) is 0 Å². The van der Waals surface area contributed by atoms with Gasteiger partial charge in [0.1, 0.15) is 12.1 Å². The lowest BCUT2D eigenvalue weighted by atomic mass is 9.80. The number of aliphatic carboxylic acids is 1. The van der Waals surface area contributed by atoms with Crippen molar-refractivity contribution in [1.82, 2.24) is 30.5 Å². The molecule has 1 fully saturated rings. The third kappa shape index (κ3) is 8.72. The number of hydrogen-bond acceptors (Lipinski definition) is 5. The van der Waals surface area contributed by atoms with E-state index in [0.29, 0.717) is 6.54 Å². The number of aromatic nitrogens is 3. The van der Waals surface area contributed by atoms with Gasteiger partial charge in [-0.05, 0) is 52.2 Å². The molecule has 2 aromatic rings. The zero-order valence-corrected chi connectivity index (χ0v) is 18.9. The number of carbonyl (C=O) groups is 2. The van der Waals surface area contributed by atoms with E-state index in [9.17, 15) is 18.0 Å². The van der Waals surface area contributed by atoms with Gasteiger partial charge in [0, 0.05) is 42.3 Å². The van der Waals surface area contributed by atoms with Crippen molar-refractivity contribution in [1.29, 1.82) is 0 Å². The molecule has 33 heavy (non-hydrogen) atoms. The van der Waals surface area contributed by atoms with Crippen molar-refractivity contribution < 1.29 is 27.9 Å². The van der Waals surface area contributed by atoms with Gasteiger partial charge in [-0.3, -0.25) is 4.57 Å². The van der Waals surface area contributed by atoms with Crippen LogP contribution in [0.3, 0.4) is 0 Å². The van der Waals surface area contributed by atoms with E-state index in [1.54, 1.807) is 18.7 Å². The Morgan fingerprint density at radius 2 is 1.82 bits per heavy atom. The van der Waals surface area contributed by atoms with Crippen LogP contribution in [0.25, 0.3) is 5.82 Å². The number of amides is 2. The van der Waals surface area contributed by atoms with Crippen molar-refractivity contribution in [3.63, 3.8) is 0 Å². The SMILES string of the molecule is CC1(C)CC(NC(=O)NCc2ccc(-n3ccnc3)nc2)CC(C)(C)N1.O=C(O)C(F)(F)F. The smallest absolute Gasteiger partial charge is 0.475 e. The number of pyridine rings is 1. The quantitative estimate of drug-likeness (QED) is 0.545. The second-order valence-corrected chi connectivity index (χ2v) is 9.12. The lowest BCUT2D eigenvalue weighted by Crippen LogP contribution is -2.62. The Bertz CT molecular complexity index is 912. The zero-order chi connectivity index (χ0) is 24.9. The van der Waals surface area contributed by atoms with Crippen LogP contribution in [0.15, 0.2) is 37.1 Å². The molecule has 0 unspecified atom stereocenters. The van der Waals surface area contributed by atoms with Crippen LogP contribution < -0.4 is 16.0 Å². The number of nitrogens with zero attached hydrogens (tertiary/aromatic N) is 3. The summed E-state index contributed by atoms with van der Waals surface area (Å²) >= 11 is 0. The fourth-order valence-electron chi connectivity index (χ4n) is 3.91. The average Bonchev–Trinajstić information content (AvgIpc) is 3.18. The monoisotopic (exact) mass is 470 g/mol. The average molecular weight is 470 g/mol. The molecule has 2 amide bonds. The molecule has 0 atom stereocenters. The van der Waals surface area contributed by atoms with Crippen LogP contribution in [0.5, 0.6) is 0 Å². The first-order valence-corrected chi connectivity index (χ1v) is 10.2. The normalized spacial score (nSPS) is 17.4. The summed E-state index contributed by atoms with van der Waals surface area (Å²) in [5.41, 5.74) is 0.967. The lowest BCUT2D eigenvalue weighted by molar-refractivity contribution is -0.192. The van der Waals surface area contributed by atoms with Crippen LogP contribution in [0.2, 0.25) is 0 Å². The zero-order valence-electron chi connectivity index (χ0n) is 18.9. The van der Waals surface area contributed by atoms with E-state index in [0.717, 1.165) is 24.2 Å². The first kappa shape index (κ1) is 26.1. The highest BCUT2D eigenvalue weighted by atomic mass is 19.4. The third-order valence-corrected chi connectivity index (χ3v) is 4.80. The van der Waals surface area contributed by atoms with Gasteiger partial charge in [0.25, 0.3) is 0 Å². The Kier molecular flexibility index (Phi) is 8.06. The number of halogens is 3. The Labute approximate surface area is 189 Å². The fraction of sp³-hybridized carbons (Fsp3) is 0.524. The summed E-state index contributed by atoms with van der Waals surface area (Å²) in [6, 6.07) is 3.89. The van der Waals surface area contributed by atoms with E-state index in [1.165, 1.54) is 0 Å². The molecule has 1 aliphatic heterocycles. The van der Waals surface area contributed by atoms with Crippen LogP contribution in [0.4, 0.5) is 18.0 Å². The van der Waals surface area contributed by atoms with Gasteiger partial charge in [-0.25, -0.2) is 19.6 Å². The Morgan fingerprint density at radius 1 is 1.21 bits per heavy atom. The molecular formula is C21H29F3N6O3. The molecule has 0 aromatic carbocycles. The minimum atomic E-state index is -5.08. The number of carboxylic acids is 1. The molecule has 2 aromatic heterocycles. The van der Waals surface area contributed by atoms with E-state index in [4.69, 9.17) is 9.90 Å². The van der Waals surface area contributed by atoms with Crippen LogP contribution in [-0.2, 0) is 11.3 Å². The first-order chi connectivity index (χ1) is 15.2. The van der Waals surface area contributed by atoms with Gasteiger partial charge in [-0.15, -0.1) is 0 Å². The number of imidazole rings is 1. The molecular weight excluding hydrogens is 441 g/mol. The second kappa shape index (κ2) is 10.2. The first-order valence-electron chi connectivity index (χ1n) is 10.2. The minimum absolute atomic E-state index is 0.00672. The number of hydrogen-bond donors (Lipinski definition) is 4. The van der Waals surface area contributed by atoms with Crippen LogP contribution in [0.1, 0.15) is 46.1 Å². The van der Waals surface area contributed by atoms with Gasteiger partial charge in [-0.2, -0.15) is 13.2 Å². The van der Waals surface area contributed by atoms with Crippen molar-refractivity contribution in [2.45, 2.75) is 70.4 Å². The summed E-state index contributed by atoms with van der Waals surface area (Å²) in [6.07, 6.45) is 3.76. The molecule has 1 saturated heterocycles. The van der Waals surface area contributed by atoms with Gasteiger partial charge in [-0.1, -0.05) is 6.07 Å². The predicted molar refractivity (Wildman–Crippen MR) is 115 cm³/mol. The summed E-state index contributed by atoms with van der Waals surface area (Å²) in [4.78, 5) is 29.6. The highest BCUT2D eigenvalue weighted by molar-refractivity contribution is 5.74. The highest BCUT2D eigenvalue weighted by Gasteiger charge is 2.39. The maximum atomic E-state index is 12.3. The fourth-order valence-corrected chi connectivity index (χ4v) is 3.91. The van der Waals surface area contributed by atoms with Gasteiger partial charge in [0.15, 0.2) is 0 Å². The molecule has 0 aliphatic carbocycles. The molecule has 0 saturated carbocycles. The summed E-state index contributed by atoms with van der Waals surface area (Å²) in [5.74, 6) is -1.96. The van der Waals surface area contributed by atoms with Gasteiger partial charge < -0.3 is 21.1 Å². The summed E-state index contributed by atoms with van der Waals surface area (Å²) in [5, 5.41) is 16.8. The molecule has 0 radical (unpaired) electrons. The molecule has 12 heteroatoms. The number of urea groups is 1. The summed E-state index contributed by atoms with van der Waals surface area (Å²) in [7, 11) is 0. The number of rotatable bonds is 4. The maximum absolute atomic E-state index is 12.3. The molecule has 3 heterocycles. The van der Waals surface area contributed by atoms with Gasteiger partial charge in [0.2, 0.25) is 0 Å². The maximum Gasteiger partial charge on any atom is 0.490 e. The molecule has 182 valence electrons. The van der Waals surface area contributed by atoms with E-state index in [1.807, 2.05) is 22.9 Å². The lowest BCUT2D eigenvalue weighted by Gasteiger charge is -2.46. The van der Waals surface area contributed by atoms with Crippen LogP contribution in [-0.4, -0.2) is 54.9 Å². The van der Waals surface area contributed by atoms with E-state index in [-0.39, 0.29) is 23.2 Å². The summed E-state index contributed by atoms with van der Waals surface area (Å²) in [6.45, 7) is 9.14. The predicted octanol–water partition coefficient (Wildman–Crippen LogP) is 3.01. The third-order valence-electron chi connectivity index (χ3n) is 4.80. The van der Waals surface area contributed by atoms with Crippen LogP contribution >= 0.6 is 0 Å². The van der Waals surface area contributed by atoms with Crippen molar-refractivity contribution >= 4 is 12.0 Å². The van der Waals surface area contributed by atoms with Crippen LogP contribution in [0, 0.1) is 0 Å². The van der Waals surface area contributed by atoms with Gasteiger partial charge >= 0.3 is 18.2 Å². The second-order valence-electron chi connectivity index (χ2n) is 9.12. The van der Waals surface area contributed by atoms with Crippen molar-refractivity contribution in [2.24, 2.45) is 0 Å². The van der Waals surface area contributed by atoms with Crippen molar-refractivity contribution in [2.75, 3.05) is 0 Å². The molecule has 0 spiro atoms. The Morgan fingerprint density at radius 3 is 2.27 bits per heavy atom. The number of carboxylic acid groups (broad SMARTS) is 1. The standard InChI is InChI=1S/C19H28N6O.C2HF3O2/c1-18(2)9-15(10-19(3,4)24-18)23-17(26)22-12-14-5-6-16(21-11-14)25-8-7-20-13-25;3-2(4,5)1(6)7/h5-8,11,13,15,24H,9-10,12H2,1-4H3,(H2,22,23,26);(H,6,7). The molecule has 1 aliphatic rings. The Hall–Kier alpha value is -3.15. The van der Waals surface area contributed by atoms with E-state index in [2.05, 4.69) is 53.6 Å². The van der Waals surface area contributed by atoms with Crippen molar-refractivity contribution in [3.05, 3.63) is 42.6 Å². The Balaban J connectivity index is 0.000000479. The highest BCUT2D eigenvalue weighted by Crippen LogP contribution is 2.28. The largest absolute Gasteiger partial charge is 0.490 e. The molecule has 4 N–H and O–H groups in total. The van der Waals surface area contributed by atoms with E-state index >= 15 is 0 Å². The molecule has 9 nitrogen and oxygen atoms in total. The summed E-state index contributed by atoms with van der Waals surface area (Å²) < 4.78 is 33.6.